The summed E-state index contributed by atoms with van der Waals surface area (Å²) in [6, 6.07) is 1.31. The SMILES string of the molecule is Cc1cc(C(=O)N2CCNC(=O)C2C)nn1C. The summed E-state index contributed by atoms with van der Waals surface area (Å²) >= 11 is 0. The molecular weight excluding hydrogens is 220 g/mol. The first-order valence-electron chi connectivity index (χ1n) is 5.60. The molecule has 0 spiro atoms. The zero-order valence-electron chi connectivity index (χ0n) is 10.2. The van der Waals surface area contributed by atoms with Crippen molar-refractivity contribution in [3.05, 3.63) is 17.5 Å². The number of nitrogens with one attached hydrogen (secondary N) is 1. The van der Waals surface area contributed by atoms with Gasteiger partial charge in [-0.3, -0.25) is 14.3 Å². The summed E-state index contributed by atoms with van der Waals surface area (Å²) in [5.41, 5.74) is 1.31. The van der Waals surface area contributed by atoms with Crippen molar-refractivity contribution in [1.82, 2.24) is 20.0 Å². The van der Waals surface area contributed by atoms with E-state index in [4.69, 9.17) is 0 Å². The van der Waals surface area contributed by atoms with Crippen LogP contribution in [0.2, 0.25) is 0 Å². The van der Waals surface area contributed by atoms with Crippen molar-refractivity contribution in [2.24, 2.45) is 7.05 Å². The molecule has 6 heteroatoms. The maximum Gasteiger partial charge on any atom is 0.275 e. The molecule has 2 amide bonds. The third-order valence-corrected chi connectivity index (χ3v) is 3.09. The van der Waals surface area contributed by atoms with Gasteiger partial charge in [-0.25, -0.2) is 0 Å². The fourth-order valence-electron chi connectivity index (χ4n) is 1.87. The van der Waals surface area contributed by atoms with Crippen LogP contribution in [0, 0.1) is 6.92 Å². The summed E-state index contributed by atoms with van der Waals surface area (Å²) in [5.74, 6) is -0.298. The van der Waals surface area contributed by atoms with Crippen LogP contribution in [0.25, 0.3) is 0 Å². The van der Waals surface area contributed by atoms with Crippen LogP contribution in [0.1, 0.15) is 23.1 Å². The molecule has 0 saturated carbocycles. The molecule has 0 aromatic carbocycles. The zero-order chi connectivity index (χ0) is 12.6. The Morgan fingerprint density at radius 2 is 2.29 bits per heavy atom. The van der Waals surface area contributed by atoms with Crippen molar-refractivity contribution in [1.29, 1.82) is 0 Å². The van der Waals surface area contributed by atoms with E-state index in [-0.39, 0.29) is 11.8 Å². The molecular formula is C11H16N4O2. The van der Waals surface area contributed by atoms with Crippen molar-refractivity contribution in [3.63, 3.8) is 0 Å². The molecule has 0 aliphatic carbocycles. The molecule has 1 N–H and O–H groups in total. The maximum atomic E-state index is 12.2. The van der Waals surface area contributed by atoms with Gasteiger partial charge in [0.15, 0.2) is 5.69 Å². The standard InChI is InChI=1S/C11H16N4O2/c1-7-6-9(13-14(7)3)11(17)15-5-4-12-10(16)8(15)2/h6,8H,4-5H2,1-3H3,(H,12,16). The third-order valence-electron chi connectivity index (χ3n) is 3.09. The summed E-state index contributed by atoms with van der Waals surface area (Å²) in [6.45, 7) is 4.64. The summed E-state index contributed by atoms with van der Waals surface area (Å²) in [7, 11) is 1.79. The van der Waals surface area contributed by atoms with E-state index in [1.165, 1.54) is 0 Å². The van der Waals surface area contributed by atoms with E-state index in [1.807, 2.05) is 6.92 Å². The topological polar surface area (TPSA) is 67.2 Å². The quantitative estimate of drug-likeness (QED) is 0.727. The lowest BCUT2D eigenvalue weighted by molar-refractivity contribution is -0.127. The molecule has 17 heavy (non-hydrogen) atoms. The van der Waals surface area contributed by atoms with Gasteiger partial charge in [0, 0.05) is 25.8 Å². The fraction of sp³-hybridized carbons (Fsp3) is 0.545. The van der Waals surface area contributed by atoms with Gasteiger partial charge in [0.2, 0.25) is 5.91 Å². The predicted molar refractivity (Wildman–Crippen MR) is 61.5 cm³/mol. The summed E-state index contributed by atoms with van der Waals surface area (Å²) < 4.78 is 1.65. The van der Waals surface area contributed by atoms with E-state index in [2.05, 4.69) is 10.4 Å². The van der Waals surface area contributed by atoms with Gasteiger partial charge in [-0.15, -0.1) is 0 Å². The molecule has 1 aromatic rings. The van der Waals surface area contributed by atoms with Crippen LogP contribution >= 0.6 is 0 Å². The summed E-state index contributed by atoms with van der Waals surface area (Å²) in [4.78, 5) is 25.2. The molecule has 1 aliphatic heterocycles. The van der Waals surface area contributed by atoms with Crippen molar-refractivity contribution < 1.29 is 9.59 Å². The Bertz CT molecular complexity index is 447. The number of hydrogen-bond acceptors (Lipinski definition) is 3. The number of aryl methyl sites for hydroxylation is 2. The van der Waals surface area contributed by atoms with Crippen LogP contribution < -0.4 is 5.32 Å². The number of carbonyl (C=O) groups excluding carboxylic acids is 2. The van der Waals surface area contributed by atoms with Crippen molar-refractivity contribution in [2.75, 3.05) is 13.1 Å². The van der Waals surface area contributed by atoms with E-state index in [0.29, 0.717) is 18.8 Å². The smallest absolute Gasteiger partial charge is 0.275 e. The van der Waals surface area contributed by atoms with Gasteiger partial charge in [-0.05, 0) is 19.9 Å². The van der Waals surface area contributed by atoms with Crippen LogP contribution in [-0.2, 0) is 11.8 Å². The average molecular weight is 236 g/mol. The minimum atomic E-state index is -0.432. The number of carbonyl (C=O) groups is 2. The van der Waals surface area contributed by atoms with Crippen LogP contribution in [0.5, 0.6) is 0 Å². The van der Waals surface area contributed by atoms with Crippen LogP contribution in [0.3, 0.4) is 0 Å². The Morgan fingerprint density at radius 1 is 1.59 bits per heavy atom. The first-order valence-corrected chi connectivity index (χ1v) is 5.60. The number of rotatable bonds is 1. The fourth-order valence-corrected chi connectivity index (χ4v) is 1.87. The highest BCUT2D eigenvalue weighted by Gasteiger charge is 2.31. The molecule has 6 nitrogen and oxygen atoms in total. The monoisotopic (exact) mass is 236 g/mol. The van der Waals surface area contributed by atoms with E-state index in [0.717, 1.165) is 5.69 Å². The molecule has 1 aromatic heterocycles. The van der Waals surface area contributed by atoms with Crippen molar-refractivity contribution in [3.8, 4) is 0 Å². The number of amides is 2. The number of aromatic nitrogens is 2. The second-order valence-electron chi connectivity index (χ2n) is 4.26. The minimum Gasteiger partial charge on any atom is -0.353 e. The van der Waals surface area contributed by atoms with E-state index >= 15 is 0 Å². The highest BCUT2D eigenvalue weighted by atomic mass is 16.2. The lowest BCUT2D eigenvalue weighted by Crippen LogP contribution is -2.55. The second kappa shape index (κ2) is 4.20. The molecule has 0 radical (unpaired) electrons. The zero-order valence-corrected chi connectivity index (χ0v) is 10.2. The highest BCUT2D eigenvalue weighted by molar-refractivity contribution is 5.96. The molecule has 2 heterocycles. The Balaban J connectivity index is 2.22. The molecule has 1 unspecified atom stereocenters. The number of hydrogen-bond donors (Lipinski definition) is 1. The summed E-state index contributed by atoms with van der Waals surface area (Å²) in [6.07, 6.45) is 0. The van der Waals surface area contributed by atoms with Gasteiger partial charge in [0.05, 0.1) is 0 Å². The Hall–Kier alpha value is -1.85. The van der Waals surface area contributed by atoms with E-state index < -0.39 is 6.04 Å². The molecule has 1 atom stereocenters. The Labute approximate surface area is 99.6 Å². The lowest BCUT2D eigenvalue weighted by Gasteiger charge is -2.32. The number of piperazine rings is 1. The minimum absolute atomic E-state index is 0.114. The first-order chi connectivity index (χ1) is 8.00. The van der Waals surface area contributed by atoms with Crippen LogP contribution in [0.4, 0.5) is 0 Å². The largest absolute Gasteiger partial charge is 0.353 e. The first kappa shape index (κ1) is 11.6. The Morgan fingerprint density at radius 3 is 2.88 bits per heavy atom. The van der Waals surface area contributed by atoms with Gasteiger partial charge >= 0.3 is 0 Å². The third kappa shape index (κ3) is 2.02. The summed E-state index contributed by atoms with van der Waals surface area (Å²) in [5, 5.41) is 6.86. The van der Waals surface area contributed by atoms with E-state index in [1.54, 1.807) is 29.6 Å². The highest BCUT2D eigenvalue weighted by Crippen LogP contribution is 2.11. The van der Waals surface area contributed by atoms with Gasteiger partial charge in [-0.2, -0.15) is 5.10 Å². The molecule has 1 aliphatic rings. The van der Waals surface area contributed by atoms with Gasteiger partial charge in [0.25, 0.3) is 5.91 Å². The molecule has 1 fully saturated rings. The van der Waals surface area contributed by atoms with Crippen molar-refractivity contribution >= 4 is 11.8 Å². The van der Waals surface area contributed by atoms with E-state index in [9.17, 15) is 9.59 Å². The second-order valence-corrected chi connectivity index (χ2v) is 4.26. The van der Waals surface area contributed by atoms with Crippen LogP contribution in [-0.4, -0.2) is 45.6 Å². The molecule has 92 valence electrons. The normalized spacial score (nSPS) is 20.3. The lowest BCUT2D eigenvalue weighted by atomic mass is 10.2. The van der Waals surface area contributed by atoms with Gasteiger partial charge in [-0.1, -0.05) is 0 Å². The van der Waals surface area contributed by atoms with Gasteiger partial charge in [0.1, 0.15) is 6.04 Å². The molecule has 0 bridgehead atoms. The van der Waals surface area contributed by atoms with Gasteiger partial charge < -0.3 is 10.2 Å². The maximum absolute atomic E-state index is 12.2. The Kier molecular flexibility index (Phi) is 2.87. The number of nitrogens with zero attached hydrogens (tertiary/aromatic N) is 3. The predicted octanol–water partition coefficient (Wildman–Crippen LogP) is -0.311. The molecule has 1 saturated heterocycles. The van der Waals surface area contributed by atoms with Crippen molar-refractivity contribution in [2.45, 2.75) is 19.9 Å². The average Bonchev–Trinajstić information content (AvgIpc) is 2.62. The van der Waals surface area contributed by atoms with Crippen LogP contribution in [0.15, 0.2) is 6.07 Å². The molecule has 2 rings (SSSR count).